The fourth-order valence-corrected chi connectivity index (χ4v) is 4.08. The third-order valence-corrected chi connectivity index (χ3v) is 5.67. The van der Waals surface area contributed by atoms with Crippen molar-refractivity contribution in [1.82, 2.24) is 14.8 Å². The van der Waals surface area contributed by atoms with Crippen LogP contribution in [-0.2, 0) is 0 Å². The van der Waals surface area contributed by atoms with Crippen molar-refractivity contribution in [2.45, 2.75) is 13.0 Å². The molecule has 3 nitrogen and oxygen atoms in total. The second-order valence-corrected chi connectivity index (χ2v) is 7.87. The molecule has 21 heavy (non-hydrogen) atoms. The highest BCUT2D eigenvalue weighted by Crippen LogP contribution is 2.34. The highest BCUT2D eigenvalue weighted by molar-refractivity contribution is 9.10. The predicted molar refractivity (Wildman–Crippen MR) is 92.9 cm³/mol. The van der Waals surface area contributed by atoms with E-state index in [9.17, 15) is 0 Å². The first-order valence-electron chi connectivity index (χ1n) is 7.16. The van der Waals surface area contributed by atoms with E-state index >= 15 is 0 Å². The average Bonchev–Trinajstić information content (AvgIpc) is 2.84. The van der Waals surface area contributed by atoms with Crippen molar-refractivity contribution in [2.24, 2.45) is 0 Å². The van der Waals surface area contributed by atoms with Crippen LogP contribution in [0.1, 0.15) is 15.9 Å². The Labute approximate surface area is 138 Å². The normalized spacial score (nSPS) is 20.9. The highest BCUT2D eigenvalue weighted by atomic mass is 79.9. The van der Waals surface area contributed by atoms with Crippen molar-refractivity contribution in [3.63, 3.8) is 0 Å². The largest absolute Gasteiger partial charge is 0.303 e. The summed E-state index contributed by atoms with van der Waals surface area (Å²) in [6.07, 6.45) is 0. The van der Waals surface area contributed by atoms with Crippen molar-refractivity contribution in [3.05, 3.63) is 38.6 Å². The molecule has 112 valence electrons. The van der Waals surface area contributed by atoms with Crippen LogP contribution in [0.15, 0.2) is 28.7 Å². The number of aryl methyl sites for hydroxylation is 1. The molecule has 0 radical (unpaired) electrons. The Bertz CT molecular complexity index is 623. The van der Waals surface area contributed by atoms with E-state index in [1.54, 1.807) is 0 Å². The summed E-state index contributed by atoms with van der Waals surface area (Å²) in [5.74, 6) is 0. The van der Waals surface area contributed by atoms with Gasteiger partial charge >= 0.3 is 0 Å². The smallest absolute Gasteiger partial charge is 0.112 e. The molecule has 1 aliphatic rings. The molecule has 1 aromatic carbocycles. The molecule has 1 unspecified atom stereocenters. The summed E-state index contributed by atoms with van der Waals surface area (Å²) in [7, 11) is 4.39. The van der Waals surface area contributed by atoms with Crippen molar-refractivity contribution < 1.29 is 0 Å². The summed E-state index contributed by atoms with van der Waals surface area (Å²) in [6.45, 7) is 5.47. The third kappa shape index (κ3) is 3.21. The van der Waals surface area contributed by atoms with Gasteiger partial charge in [0.05, 0.1) is 11.7 Å². The summed E-state index contributed by atoms with van der Waals surface area (Å²) >= 11 is 5.32. The quantitative estimate of drug-likeness (QED) is 0.806. The van der Waals surface area contributed by atoms with Gasteiger partial charge in [0.15, 0.2) is 0 Å². The van der Waals surface area contributed by atoms with Crippen molar-refractivity contribution >= 4 is 27.3 Å². The second kappa shape index (κ2) is 6.16. The topological polar surface area (TPSA) is 19.4 Å². The number of thiazole rings is 1. The van der Waals surface area contributed by atoms with Crippen LogP contribution in [0.5, 0.6) is 0 Å². The van der Waals surface area contributed by atoms with Crippen LogP contribution in [0.4, 0.5) is 0 Å². The summed E-state index contributed by atoms with van der Waals surface area (Å²) < 4.78 is 1.10. The molecule has 0 amide bonds. The van der Waals surface area contributed by atoms with Gasteiger partial charge in [0.1, 0.15) is 5.01 Å². The lowest BCUT2D eigenvalue weighted by Gasteiger charge is -2.36. The van der Waals surface area contributed by atoms with Crippen LogP contribution in [0.3, 0.4) is 0 Å². The van der Waals surface area contributed by atoms with Gasteiger partial charge in [-0.3, -0.25) is 4.90 Å². The molecule has 0 saturated carbocycles. The van der Waals surface area contributed by atoms with Gasteiger partial charge in [0.2, 0.25) is 0 Å². The minimum atomic E-state index is 0.414. The first-order valence-corrected chi connectivity index (χ1v) is 8.77. The Balaban J connectivity index is 1.92. The van der Waals surface area contributed by atoms with E-state index in [4.69, 9.17) is 4.98 Å². The zero-order chi connectivity index (χ0) is 15.0. The molecule has 2 heterocycles. The minimum Gasteiger partial charge on any atom is -0.303 e. The number of nitrogens with zero attached hydrogens (tertiary/aromatic N) is 3. The van der Waals surface area contributed by atoms with Gasteiger partial charge in [-0.1, -0.05) is 28.1 Å². The summed E-state index contributed by atoms with van der Waals surface area (Å²) in [5, 5.41) is 1.24. The SMILES string of the molecule is Cc1sc(C2CN(C)CCN2C)nc1-c1ccc(Br)cc1. The van der Waals surface area contributed by atoms with E-state index < -0.39 is 0 Å². The van der Waals surface area contributed by atoms with Gasteiger partial charge in [-0.25, -0.2) is 4.98 Å². The number of aromatic nitrogens is 1. The monoisotopic (exact) mass is 365 g/mol. The van der Waals surface area contributed by atoms with Gasteiger partial charge < -0.3 is 4.90 Å². The summed E-state index contributed by atoms with van der Waals surface area (Å²) in [6, 6.07) is 8.83. The Hall–Kier alpha value is -0.750. The van der Waals surface area contributed by atoms with Crippen LogP contribution in [-0.4, -0.2) is 48.5 Å². The van der Waals surface area contributed by atoms with Crippen molar-refractivity contribution in [1.29, 1.82) is 0 Å². The average molecular weight is 366 g/mol. The zero-order valence-electron chi connectivity index (χ0n) is 12.6. The minimum absolute atomic E-state index is 0.414. The Morgan fingerprint density at radius 1 is 1.19 bits per heavy atom. The molecule has 1 aliphatic heterocycles. The van der Waals surface area contributed by atoms with E-state index in [1.165, 1.54) is 15.4 Å². The van der Waals surface area contributed by atoms with E-state index in [2.05, 4.69) is 71.0 Å². The standard InChI is InChI=1S/C16H20BrN3S/c1-11-15(12-4-6-13(17)7-5-12)18-16(21-11)14-10-19(2)8-9-20(14)3/h4-7,14H,8-10H2,1-3H3. The molecular formula is C16H20BrN3S. The molecule has 0 bridgehead atoms. The molecule has 2 aromatic rings. The van der Waals surface area contributed by atoms with Crippen LogP contribution < -0.4 is 0 Å². The maximum Gasteiger partial charge on any atom is 0.112 e. The van der Waals surface area contributed by atoms with Crippen molar-refractivity contribution in [2.75, 3.05) is 33.7 Å². The number of hydrogen-bond donors (Lipinski definition) is 0. The molecule has 0 spiro atoms. The van der Waals surface area contributed by atoms with Crippen molar-refractivity contribution in [3.8, 4) is 11.3 Å². The second-order valence-electron chi connectivity index (χ2n) is 5.72. The Morgan fingerprint density at radius 3 is 2.62 bits per heavy atom. The zero-order valence-corrected chi connectivity index (χ0v) is 15.0. The lowest BCUT2D eigenvalue weighted by atomic mass is 10.1. The fourth-order valence-electron chi connectivity index (χ4n) is 2.71. The molecular weight excluding hydrogens is 346 g/mol. The van der Waals surface area contributed by atoms with Crippen LogP contribution in [0.2, 0.25) is 0 Å². The lowest BCUT2D eigenvalue weighted by Crippen LogP contribution is -2.44. The number of piperazine rings is 1. The lowest BCUT2D eigenvalue weighted by molar-refractivity contribution is 0.115. The number of halogens is 1. The first kappa shape index (κ1) is 15.2. The third-order valence-electron chi connectivity index (χ3n) is 4.07. The fraction of sp³-hybridized carbons (Fsp3) is 0.438. The van der Waals surface area contributed by atoms with Gasteiger partial charge in [0.25, 0.3) is 0 Å². The Morgan fingerprint density at radius 2 is 1.90 bits per heavy atom. The van der Waals surface area contributed by atoms with E-state index in [1.807, 2.05) is 11.3 Å². The molecule has 0 aliphatic carbocycles. The molecule has 1 fully saturated rings. The molecule has 1 aromatic heterocycles. The molecule has 3 rings (SSSR count). The Kier molecular flexibility index (Phi) is 4.45. The highest BCUT2D eigenvalue weighted by Gasteiger charge is 2.27. The van der Waals surface area contributed by atoms with Gasteiger partial charge in [-0.05, 0) is 33.2 Å². The first-order chi connectivity index (χ1) is 10.0. The van der Waals surface area contributed by atoms with Crippen LogP contribution >= 0.6 is 27.3 Å². The maximum absolute atomic E-state index is 4.95. The van der Waals surface area contributed by atoms with E-state index in [-0.39, 0.29) is 0 Å². The van der Waals surface area contributed by atoms with Gasteiger partial charge in [-0.15, -0.1) is 11.3 Å². The molecule has 1 saturated heterocycles. The summed E-state index contributed by atoms with van der Waals surface area (Å²) in [4.78, 5) is 11.1. The van der Waals surface area contributed by atoms with E-state index in [0.29, 0.717) is 6.04 Å². The van der Waals surface area contributed by atoms with Crippen LogP contribution in [0, 0.1) is 6.92 Å². The van der Waals surface area contributed by atoms with E-state index in [0.717, 1.165) is 29.8 Å². The number of benzene rings is 1. The van der Waals surface area contributed by atoms with Gasteiger partial charge in [-0.2, -0.15) is 0 Å². The van der Waals surface area contributed by atoms with Crippen LogP contribution in [0.25, 0.3) is 11.3 Å². The maximum atomic E-state index is 4.95. The predicted octanol–water partition coefficient (Wildman–Crippen LogP) is 3.80. The van der Waals surface area contributed by atoms with Gasteiger partial charge in [0, 0.05) is 34.5 Å². The summed E-state index contributed by atoms with van der Waals surface area (Å²) in [5.41, 5.74) is 2.33. The molecule has 1 atom stereocenters. The molecule has 5 heteroatoms. The number of rotatable bonds is 2. The molecule has 0 N–H and O–H groups in total. The number of hydrogen-bond acceptors (Lipinski definition) is 4. The number of likely N-dealkylation sites (N-methyl/N-ethyl adjacent to an activating group) is 2.